The fourth-order valence-corrected chi connectivity index (χ4v) is 3.10. The molecule has 0 radical (unpaired) electrons. The van der Waals surface area contributed by atoms with E-state index in [-0.39, 0.29) is 17.4 Å². The van der Waals surface area contributed by atoms with Gasteiger partial charge in [-0.1, -0.05) is 37.6 Å². The Bertz CT molecular complexity index is 485. The van der Waals surface area contributed by atoms with Gasteiger partial charge in [0.15, 0.2) is 0 Å². The van der Waals surface area contributed by atoms with Gasteiger partial charge in [0.2, 0.25) is 0 Å². The maximum Gasteiger partial charge on any atom is 0.150 e. The highest BCUT2D eigenvalue weighted by Gasteiger charge is 2.16. The average Bonchev–Trinajstić information content (AvgIpc) is 2.44. The lowest BCUT2D eigenvalue weighted by molar-refractivity contribution is 0.554. The SMILES string of the molecule is CCCNCC(CCS(=O)(=O)CC)c1ccc(Cl)cc1. The second-order valence-corrected chi connectivity index (χ2v) is 7.89. The molecule has 1 aromatic carbocycles. The Morgan fingerprint density at radius 2 is 1.85 bits per heavy atom. The minimum absolute atomic E-state index is 0.208. The molecule has 0 spiro atoms. The number of nitrogens with one attached hydrogen (secondary N) is 1. The summed E-state index contributed by atoms with van der Waals surface area (Å²) in [6, 6.07) is 7.69. The van der Waals surface area contributed by atoms with Gasteiger partial charge in [-0.2, -0.15) is 0 Å². The monoisotopic (exact) mass is 317 g/mol. The van der Waals surface area contributed by atoms with Crippen LogP contribution in [0.15, 0.2) is 24.3 Å². The smallest absolute Gasteiger partial charge is 0.150 e. The number of rotatable bonds is 9. The van der Waals surface area contributed by atoms with Gasteiger partial charge >= 0.3 is 0 Å². The average molecular weight is 318 g/mol. The highest BCUT2D eigenvalue weighted by atomic mass is 35.5. The summed E-state index contributed by atoms with van der Waals surface area (Å²) in [5.41, 5.74) is 1.14. The molecule has 0 bridgehead atoms. The second kappa shape index (κ2) is 8.65. The molecule has 0 saturated heterocycles. The zero-order valence-electron chi connectivity index (χ0n) is 12.2. The van der Waals surface area contributed by atoms with Gasteiger partial charge in [0.25, 0.3) is 0 Å². The molecule has 1 atom stereocenters. The molecule has 0 aliphatic carbocycles. The third-order valence-corrected chi connectivity index (χ3v) is 5.37. The van der Waals surface area contributed by atoms with E-state index in [0.29, 0.717) is 11.4 Å². The Balaban J connectivity index is 2.71. The van der Waals surface area contributed by atoms with E-state index in [9.17, 15) is 8.42 Å². The van der Waals surface area contributed by atoms with Crippen molar-refractivity contribution in [2.75, 3.05) is 24.6 Å². The Morgan fingerprint density at radius 1 is 1.20 bits per heavy atom. The molecule has 0 aliphatic rings. The molecule has 1 N–H and O–H groups in total. The van der Waals surface area contributed by atoms with E-state index >= 15 is 0 Å². The van der Waals surface area contributed by atoms with Gasteiger partial charge in [0.1, 0.15) is 9.84 Å². The Hall–Kier alpha value is -0.580. The second-order valence-electron chi connectivity index (χ2n) is 4.98. The van der Waals surface area contributed by atoms with Gasteiger partial charge in [0, 0.05) is 17.3 Å². The summed E-state index contributed by atoms with van der Waals surface area (Å²) in [4.78, 5) is 0. The minimum atomic E-state index is -2.92. The number of halogens is 1. The van der Waals surface area contributed by atoms with Crippen LogP contribution in [0.2, 0.25) is 5.02 Å². The van der Waals surface area contributed by atoms with Crippen molar-refractivity contribution >= 4 is 21.4 Å². The van der Waals surface area contributed by atoms with Crippen LogP contribution in [0, 0.1) is 0 Å². The number of hydrogen-bond donors (Lipinski definition) is 1. The third kappa shape index (κ3) is 6.25. The summed E-state index contributed by atoms with van der Waals surface area (Å²) >= 11 is 5.90. The largest absolute Gasteiger partial charge is 0.316 e. The van der Waals surface area contributed by atoms with Crippen LogP contribution in [0.4, 0.5) is 0 Å². The van der Waals surface area contributed by atoms with Crippen LogP contribution < -0.4 is 5.32 Å². The molecule has 114 valence electrons. The first-order valence-electron chi connectivity index (χ1n) is 7.15. The van der Waals surface area contributed by atoms with E-state index in [2.05, 4.69) is 12.2 Å². The number of benzene rings is 1. The summed E-state index contributed by atoms with van der Waals surface area (Å²) in [6.07, 6.45) is 1.72. The van der Waals surface area contributed by atoms with Crippen LogP contribution in [-0.2, 0) is 9.84 Å². The van der Waals surface area contributed by atoms with Crippen LogP contribution >= 0.6 is 11.6 Å². The molecule has 0 fully saturated rings. The molecule has 1 aromatic rings. The third-order valence-electron chi connectivity index (χ3n) is 3.38. The predicted octanol–water partition coefficient (Wildman–Crippen LogP) is 3.25. The van der Waals surface area contributed by atoms with Crippen molar-refractivity contribution < 1.29 is 8.42 Å². The Morgan fingerprint density at radius 3 is 2.40 bits per heavy atom. The van der Waals surface area contributed by atoms with Crippen molar-refractivity contribution in [3.8, 4) is 0 Å². The first kappa shape index (κ1) is 17.5. The summed E-state index contributed by atoms with van der Waals surface area (Å²) in [5, 5.41) is 4.08. The normalized spacial score (nSPS) is 13.3. The van der Waals surface area contributed by atoms with E-state index in [1.54, 1.807) is 6.92 Å². The summed E-state index contributed by atoms with van der Waals surface area (Å²) in [6.45, 7) is 5.56. The maximum atomic E-state index is 11.7. The van der Waals surface area contributed by atoms with Crippen LogP contribution in [0.25, 0.3) is 0 Å². The van der Waals surface area contributed by atoms with Gasteiger partial charge in [-0.15, -0.1) is 0 Å². The van der Waals surface area contributed by atoms with E-state index < -0.39 is 9.84 Å². The van der Waals surface area contributed by atoms with Gasteiger partial charge in [-0.25, -0.2) is 8.42 Å². The Labute approximate surface area is 127 Å². The predicted molar refractivity (Wildman–Crippen MR) is 86.3 cm³/mol. The van der Waals surface area contributed by atoms with Crippen molar-refractivity contribution in [1.29, 1.82) is 0 Å². The van der Waals surface area contributed by atoms with Crippen LogP contribution in [-0.4, -0.2) is 33.0 Å². The summed E-state index contributed by atoms with van der Waals surface area (Å²) < 4.78 is 23.4. The first-order chi connectivity index (χ1) is 9.48. The lowest BCUT2D eigenvalue weighted by Crippen LogP contribution is -2.24. The van der Waals surface area contributed by atoms with Crippen LogP contribution in [0.1, 0.15) is 38.2 Å². The molecule has 5 heteroatoms. The van der Waals surface area contributed by atoms with Gasteiger partial charge in [0.05, 0.1) is 5.75 Å². The summed E-state index contributed by atoms with van der Waals surface area (Å²) in [5.74, 6) is 0.660. The topological polar surface area (TPSA) is 46.2 Å². The molecule has 1 unspecified atom stereocenters. The molecule has 0 amide bonds. The van der Waals surface area contributed by atoms with E-state index in [1.165, 1.54) is 0 Å². The van der Waals surface area contributed by atoms with Gasteiger partial charge < -0.3 is 5.32 Å². The van der Waals surface area contributed by atoms with Crippen LogP contribution in [0.5, 0.6) is 0 Å². The van der Waals surface area contributed by atoms with Crippen molar-refractivity contribution in [1.82, 2.24) is 5.32 Å². The highest BCUT2D eigenvalue weighted by Crippen LogP contribution is 2.22. The number of hydrogen-bond acceptors (Lipinski definition) is 3. The molecular weight excluding hydrogens is 294 g/mol. The van der Waals surface area contributed by atoms with Gasteiger partial charge in [-0.05, 0) is 43.0 Å². The fourth-order valence-electron chi connectivity index (χ4n) is 2.04. The Kier molecular flexibility index (Phi) is 7.56. The zero-order valence-corrected chi connectivity index (χ0v) is 13.8. The zero-order chi connectivity index (χ0) is 15.0. The standard InChI is InChI=1S/C15H24ClNO2S/c1-3-10-17-12-14(9-11-20(18,19)4-2)13-5-7-15(16)8-6-13/h5-8,14,17H,3-4,9-12H2,1-2H3. The fraction of sp³-hybridized carbons (Fsp3) is 0.600. The van der Waals surface area contributed by atoms with Crippen molar-refractivity contribution in [3.05, 3.63) is 34.9 Å². The minimum Gasteiger partial charge on any atom is -0.316 e. The van der Waals surface area contributed by atoms with Crippen LogP contribution in [0.3, 0.4) is 0 Å². The lowest BCUT2D eigenvalue weighted by atomic mass is 9.96. The van der Waals surface area contributed by atoms with E-state index in [4.69, 9.17) is 11.6 Å². The molecule has 0 saturated carbocycles. The molecule has 1 rings (SSSR count). The van der Waals surface area contributed by atoms with Crippen molar-refractivity contribution in [2.24, 2.45) is 0 Å². The van der Waals surface area contributed by atoms with Crippen molar-refractivity contribution in [3.63, 3.8) is 0 Å². The molecule has 0 aromatic heterocycles. The number of sulfone groups is 1. The first-order valence-corrected chi connectivity index (χ1v) is 9.35. The van der Waals surface area contributed by atoms with Gasteiger partial charge in [-0.3, -0.25) is 0 Å². The summed E-state index contributed by atoms with van der Waals surface area (Å²) in [7, 11) is -2.92. The maximum absolute atomic E-state index is 11.7. The molecule has 20 heavy (non-hydrogen) atoms. The van der Waals surface area contributed by atoms with E-state index in [1.807, 2.05) is 24.3 Å². The lowest BCUT2D eigenvalue weighted by Gasteiger charge is -2.18. The highest BCUT2D eigenvalue weighted by molar-refractivity contribution is 7.91. The van der Waals surface area contributed by atoms with E-state index in [0.717, 1.165) is 25.1 Å². The van der Waals surface area contributed by atoms with Crippen molar-refractivity contribution in [2.45, 2.75) is 32.6 Å². The molecular formula is C15H24ClNO2S. The molecule has 3 nitrogen and oxygen atoms in total. The quantitative estimate of drug-likeness (QED) is 0.711. The molecule has 0 heterocycles. The molecule has 0 aliphatic heterocycles.